The van der Waals surface area contributed by atoms with Crippen LogP contribution in [0.5, 0.6) is 0 Å². The highest BCUT2D eigenvalue weighted by Crippen LogP contribution is 2.23. The van der Waals surface area contributed by atoms with E-state index in [9.17, 15) is 0 Å². The van der Waals surface area contributed by atoms with Gasteiger partial charge in [0.15, 0.2) is 0 Å². The SMILES string of the molecule is CNCc1ccc(N(CCCO)C(C)C)c(C)c1. The Morgan fingerprint density at radius 2 is 2.06 bits per heavy atom. The summed E-state index contributed by atoms with van der Waals surface area (Å²) in [5, 5.41) is 12.2. The highest BCUT2D eigenvalue weighted by atomic mass is 16.3. The Bertz CT molecular complexity index is 364. The Labute approximate surface area is 111 Å². The minimum Gasteiger partial charge on any atom is -0.396 e. The molecule has 3 heteroatoms. The van der Waals surface area contributed by atoms with Gasteiger partial charge in [-0.1, -0.05) is 12.1 Å². The quantitative estimate of drug-likeness (QED) is 0.779. The first-order valence-corrected chi connectivity index (χ1v) is 6.71. The van der Waals surface area contributed by atoms with Crippen molar-refractivity contribution >= 4 is 5.69 Å². The minimum atomic E-state index is 0.250. The second-order valence-corrected chi connectivity index (χ2v) is 5.02. The van der Waals surface area contributed by atoms with E-state index in [1.54, 1.807) is 0 Å². The molecule has 0 saturated carbocycles. The van der Waals surface area contributed by atoms with Gasteiger partial charge in [-0.2, -0.15) is 0 Å². The molecule has 0 fully saturated rings. The van der Waals surface area contributed by atoms with Gasteiger partial charge in [-0.25, -0.2) is 0 Å². The molecule has 1 aromatic rings. The molecule has 0 aliphatic carbocycles. The van der Waals surface area contributed by atoms with E-state index in [1.807, 2.05) is 7.05 Å². The predicted molar refractivity (Wildman–Crippen MR) is 78.1 cm³/mol. The predicted octanol–water partition coefficient (Wildman–Crippen LogP) is 2.31. The molecule has 0 bridgehead atoms. The normalized spacial score (nSPS) is 11.0. The van der Waals surface area contributed by atoms with Gasteiger partial charge < -0.3 is 15.3 Å². The average Bonchev–Trinajstić information content (AvgIpc) is 2.32. The molecule has 0 aliphatic heterocycles. The summed E-state index contributed by atoms with van der Waals surface area (Å²) >= 11 is 0. The van der Waals surface area contributed by atoms with Gasteiger partial charge in [-0.3, -0.25) is 0 Å². The molecular formula is C15H26N2O. The van der Waals surface area contributed by atoms with Gasteiger partial charge in [0.05, 0.1) is 0 Å². The smallest absolute Gasteiger partial charge is 0.0447 e. The molecule has 102 valence electrons. The van der Waals surface area contributed by atoms with Crippen molar-refractivity contribution in [3.63, 3.8) is 0 Å². The van der Waals surface area contributed by atoms with E-state index < -0.39 is 0 Å². The van der Waals surface area contributed by atoms with Crippen LogP contribution < -0.4 is 10.2 Å². The molecule has 1 aromatic carbocycles. The number of nitrogens with one attached hydrogen (secondary N) is 1. The van der Waals surface area contributed by atoms with Gasteiger partial charge in [0.25, 0.3) is 0 Å². The van der Waals surface area contributed by atoms with Crippen LogP contribution in [0.15, 0.2) is 18.2 Å². The van der Waals surface area contributed by atoms with Crippen LogP contribution in [-0.2, 0) is 6.54 Å². The fraction of sp³-hybridized carbons (Fsp3) is 0.600. The fourth-order valence-corrected chi connectivity index (χ4v) is 2.25. The summed E-state index contributed by atoms with van der Waals surface area (Å²) in [6, 6.07) is 7.05. The summed E-state index contributed by atoms with van der Waals surface area (Å²) in [5.41, 5.74) is 3.89. The van der Waals surface area contributed by atoms with Gasteiger partial charge in [0, 0.05) is 31.4 Å². The van der Waals surface area contributed by atoms with Gasteiger partial charge in [-0.15, -0.1) is 0 Å². The second kappa shape index (κ2) is 7.39. The maximum absolute atomic E-state index is 8.99. The van der Waals surface area contributed by atoms with Crippen molar-refractivity contribution in [3.8, 4) is 0 Å². The minimum absolute atomic E-state index is 0.250. The van der Waals surface area contributed by atoms with Crippen molar-refractivity contribution in [1.29, 1.82) is 0 Å². The van der Waals surface area contributed by atoms with Crippen molar-refractivity contribution in [2.45, 2.75) is 39.8 Å². The lowest BCUT2D eigenvalue weighted by atomic mass is 10.1. The highest BCUT2D eigenvalue weighted by Gasteiger charge is 2.12. The molecule has 0 saturated heterocycles. The third-order valence-corrected chi connectivity index (χ3v) is 3.13. The molecule has 0 radical (unpaired) electrons. The van der Waals surface area contributed by atoms with Crippen LogP contribution in [0.2, 0.25) is 0 Å². The molecule has 0 amide bonds. The second-order valence-electron chi connectivity index (χ2n) is 5.02. The Kier molecular flexibility index (Phi) is 6.16. The van der Waals surface area contributed by atoms with Crippen molar-refractivity contribution in [1.82, 2.24) is 5.32 Å². The third-order valence-electron chi connectivity index (χ3n) is 3.13. The first-order valence-electron chi connectivity index (χ1n) is 6.71. The number of hydrogen-bond donors (Lipinski definition) is 2. The molecule has 0 heterocycles. The lowest BCUT2D eigenvalue weighted by Crippen LogP contribution is -2.32. The first-order chi connectivity index (χ1) is 8.60. The lowest BCUT2D eigenvalue weighted by Gasteiger charge is -2.30. The topological polar surface area (TPSA) is 35.5 Å². The van der Waals surface area contributed by atoms with Crippen LogP contribution in [0, 0.1) is 6.92 Å². The molecule has 0 aliphatic rings. The average molecular weight is 250 g/mol. The third kappa shape index (κ3) is 4.00. The van der Waals surface area contributed by atoms with E-state index in [0.29, 0.717) is 6.04 Å². The fourth-order valence-electron chi connectivity index (χ4n) is 2.25. The highest BCUT2D eigenvalue weighted by molar-refractivity contribution is 5.55. The Balaban J connectivity index is 2.90. The number of aliphatic hydroxyl groups excluding tert-OH is 1. The van der Waals surface area contributed by atoms with Crippen LogP contribution in [0.25, 0.3) is 0 Å². The van der Waals surface area contributed by atoms with E-state index in [-0.39, 0.29) is 6.61 Å². The zero-order valence-corrected chi connectivity index (χ0v) is 12.0. The van der Waals surface area contributed by atoms with Crippen LogP contribution in [0.1, 0.15) is 31.4 Å². The summed E-state index contributed by atoms with van der Waals surface area (Å²) in [4.78, 5) is 2.36. The van der Waals surface area contributed by atoms with Crippen LogP contribution in [0.3, 0.4) is 0 Å². The summed E-state index contributed by atoms with van der Waals surface area (Å²) in [7, 11) is 1.96. The van der Waals surface area contributed by atoms with Crippen molar-refractivity contribution in [2.75, 3.05) is 25.1 Å². The summed E-state index contributed by atoms with van der Waals surface area (Å²) in [5.74, 6) is 0. The van der Waals surface area contributed by atoms with Crippen molar-refractivity contribution in [3.05, 3.63) is 29.3 Å². The molecule has 0 atom stereocenters. The van der Waals surface area contributed by atoms with Gasteiger partial charge in [-0.05, 0) is 51.4 Å². The first kappa shape index (κ1) is 15.0. The maximum Gasteiger partial charge on any atom is 0.0447 e. The Morgan fingerprint density at radius 1 is 1.33 bits per heavy atom. The lowest BCUT2D eigenvalue weighted by molar-refractivity contribution is 0.288. The molecular weight excluding hydrogens is 224 g/mol. The molecule has 18 heavy (non-hydrogen) atoms. The number of nitrogens with zero attached hydrogens (tertiary/aromatic N) is 1. The summed E-state index contributed by atoms with van der Waals surface area (Å²) < 4.78 is 0. The van der Waals surface area contributed by atoms with E-state index >= 15 is 0 Å². The number of benzene rings is 1. The molecule has 0 spiro atoms. The number of rotatable bonds is 7. The number of anilines is 1. The Hall–Kier alpha value is -1.06. The summed E-state index contributed by atoms with van der Waals surface area (Å²) in [6.45, 7) is 8.60. The number of aliphatic hydroxyl groups is 1. The van der Waals surface area contributed by atoms with Crippen molar-refractivity contribution in [2.24, 2.45) is 0 Å². The number of aryl methyl sites for hydroxylation is 1. The molecule has 1 rings (SSSR count). The monoisotopic (exact) mass is 250 g/mol. The molecule has 0 aromatic heterocycles. The van der Waals surface area contributed by atoms with E-state index in [2.05, 4.69) is 49.2 Å². The van der Waals surface area contributed by atoms with E-state index in [4.69, 9.17) is 5.11 Å². The van der Waals surface area contributed by atoms with E-state index in [1.165, 1.54) is 16.8 Å². The van der Waals surface area contributed by atoms with Crippen LogP contribution >= 0.6 is 0 Å². The zero-order valence-electron chi connectivity index (χ0n) is 12.0. The zero-order chi connectivity index (χ0) is 13.5. The van der Waals surface area contributed by atoms with Crippen LogP contribution in [-0.4, -0.2) is 31.3 Å². The van der Waals surface area contributed by atoms with Crippen LogP contribution in [0.4, 0.5) is 5.69 Å². The largest absolute Gasteiger partial charge is 0.396 e. The van der Waals surface area contributed by atoms with Crippen molar-refractivity contribution < 1.29 is 5.11 Å². The summed E-state index contributed by atoms with van der Waals surface area (Å²) in [6.07, 6.45) is 0.815. The van der Waals surface area contributed by atoms with Gasteiger partial charge in [0.2, 0.25) is 0 Å². The molecule has 2 N–H and O–H groups in total. The van der Waals surface area contributed by atoms with Gasteiger partial charge in [0.1, 0.15) is 0 Å². The number of hydrogen-bond acceptors (Lipinski definition) is 3. The van der Waals surface area contributed by atoms with Gasteiger partial charge >= 0.3 is 0 Å². The standard InChI is InChI=1S/C15H26N2O/c1-12(2)17(8-5-9-18)15-7-6-14(11-16-4)10-13(15)3/h6-7,10,12,16,18H,5,8-9,11H2,1-4H3. The molecule has 3 nitrogen and oxygen atoms in total. The molecule has 0 unspecified atom stereocenters. The Morgan fingerprint density at radius 3 is 2.56 bits per heavy atom. The maximum atomic E-state index is 8.99. The van der Waals surface area contributed by atoms with E-state index in [0.717, 1.165) is 19.5 Å².